The Bertz CT molecular complexity index is 751. The zero-order valence-electron chi connectivity index (χ0n) is 16.0. The number of hydrogen-bond acceptors (Lipinski definition) is 6. The zero-order chi connectivity index (χ0) is 19.2. The van der Waals surface area contributed by atoms with Crippen LogP contribution in [0.25, 0.3) is 0 Å². The summed E-state index contributed by atoms with van der Waals surface area (Å²) in [6, 6.07) is 0. The molecular weight excluding hydrogens is 363 g/mol. The van der Waals surface area contributed by atoms with Crippen molar-refractivity contribution in [2.45, 2.75) is 52.2 Å². The summed E-state index contributed by atoms with van der Waals surface area (Å²) >= 11 is 0. The molecule has 1 N–H and O–H groups in total. The molecule has 2 aliphatic carbocycles. The van der Waals surface area contributed by atoms with E-state index in [9.17, 15) is 19.2 Å². The van der Waals surface area contributed by atoms with E-state index in [0.29, 0.717) is 12.0 Å². The van der Waals surface area contributed by atoms with Crippen LogP contribution in [0.4, 0.5) is 0 Å². The first kappa shape index (κ1) is 21.9. The SMILES string of the molecule is CC1=CC(=O)C2=C(C)C[C@H](OC(=O)CCC(=O)O)C3[C@H](OC(=O)[C@H]3C)C12.[Na]. The quantitative estimate of drug-likeness (QED) is 0.576. The number of carboxylic acids is 1. The van der Waals surface area contributed by atoms with Gasteiger partial charge < -0.3 is 14.6 Å². The molecule has 7 nitrogen and oxygen atoms in total. The van der Waals surface area contributed by atoms with E-state index in [1.807, 2.05) is 13.8 Å². The summed E-state index contributed by atoms with van der Waals surface area (Å²) in [6.45, 7) is 5.41. The topological polar surface area (TPSA) is 107 Å². The fourth-order valence-electron chi connectivity index (χ4n) is 4.34. The molecule has 5 atom stereocenters. The van der Waals surface area contributed by atoms with Gasteiger partial charge in [0.05, 0.1) is 18.8 Å². The second-order valence-electron chi connectivity index (χ2n) is 7.32. The van der Waals surface area contributed by atoms with Crippen LogP contribution in [0.2, 0.25) is 0 Å². The Morgan fingerprint density at radius 1 is 1.26 bits per heavy atom. The average molecular weight is 385 g/mol. The van der Waals surface area contributed by atoms with Crippen molar-refractivity contribution in [2.24, 2.45) is 17.8 Å². The molecule has 2 unspecified atom stereocenters. The Balaban J connectivity index is 0.00000261. The number of aliphatic carboxylic acids is 1. The summed E-state index contributed by atoms with van der Waals surface area (Å²) in [5.74, 6) is -3.28. The van der Waals surface area contributed by atoms with E-state index in [-0.39, 0.29) is 66.0 Å². The molecule has 0 aromatic carbocycles. The minimum Gasteiger partial charge on any atom is -0.481 e. The van der Waals surface area contributed by atoms with Gasteiger partial charge in [0.2, 0.25) is 0 Å². The molecular formula is C19H22NaO7. The van der Waals surface area contributed by atoms with Crippen LogP contribution in [0.1, 0.15) is 40.0 Å². The first-order chi connectivity index (χ1) is 12.2. The molecule has 1 heterocycles. The van der Waals surface area contributed by atoms with Crippen LogP contribution in [-0.2, 0) is 28.7 Å². The second-order valence-corrected chi connectivity index (χ2v) is 7.32. The molecule has 3 rings (SSSR count). The Morgan fingerprint density at radius 2 is 1.93 bits per heavy atom. The molecule has 0 aromatic rings. The molecule has 1 aliphatic heterocycles. The van der Waals surface area contributed by atoms with Gasteiger partial charge in [-0.15, -0.1) is 0 Å². The number of esters is 2. The Kier molecular flexibility index (Phi) is 6.71. The molecule has 0 spiro atoms. The molecule has 27 heavy (non-hydrogen) atoms. The molecule has 3 aliphatic rings. The maximum absolute atomic E-state index is 12.4. The summed E-state index contributed by atoms with van der Waals surface area (Å²) in [7, 11) is 0. The van der Waals surface area contributed by atoms with Gasteiger partial charge in [-0.3, -0.25) is 19.2 Å². The number of allylic oxidation sites excluding steroid dienone is 1. The maximum atomic E-state index is 12.4. The van der Waals surface area contributed by atoms with Crippen LogP contribution in [0.15, 0.2) is 22.8 Å². The zero-order valence-corrected chi connectivity index (χ0v) is 18.0. The first-order valence-corrected chi connectivity index (χ1v) is 8.74. The van der Waals surface area contributed by atoms with Crippen LogP contribution < -0.4 is 0 Å². The van der Waals surface area contributed by atoms with Crippen molar-refractivity contribution >= 4 is 53.2 Å². The van der Waals surface area contributed by atoms with Gasteiger partial charge in [-0.25, -0.2) is 0 Å². The first-order valence-electron chi connectivity index (χ1n) is 8.74. The number of carbonyl (C=O) groups excluding carboxylic acids is 3. The molecule has 141 valence electrons. The molecule has 0 bridgehead atoms. The van der Waals surface area contributed by atoms with E-state index in [2.05, 4.69) is 0 Å². The van der Waals surface area contributed by atoms with Crippen molar-refractivity contribution in [2.75, 3.05) is 0 Å². The molecule has 8 heteroatoms. The summed E-state index contributed by atoms with van der Waals surface area (Å²) in [4.78, 5) is 47.3. The van der Waals surface area contributed by atoms with Gasteiger partial charge in [-0.05, 0) is 19.9 Å². The average Bonchev–Trinajstić information content (AvgIpc) is 2.95. The minimum atomic E-state index is -1.08. The number of carboxylic acid groups (broad SMARTS) is 1. The third-order valence-corrected chi connectivity index (χ3v) is 5.56. The number of ketones is 1. The predicted octanol–water partition coefficient (Wildman–Crippen LogP) is 1.43. The number of rotatable bonds is 4. The van der Waals surface area contributed by atoms with Crippen molar-refractivity contribution in [1.29, 1.82) is 0 Å². The van der Waals surface area contributed by atoms with Gasteiger partial charge in [0, 0.05) is 53.4 Å². The maximum Gasteiger partial charge on any atom is 0.309 e. The van der Waals surface area contributed by atoms with E-state index >= 15 is 0 Å². The molecule has 1 radical (unpaired) electrons. The largest absolute Gasteiger partial charge is 0.481 e. The minimum absolute atomic E-state index is 0. The third-order valence-electron chi connectivity index (χ3n) is 5.56. The van der Waals surface area contributed by atoms with Crippen molar-refractivity contribution in [1.82, 2.24) is 0 Å². The van der Waals surface area contributed by atoms with E-state index in [4.69, 9.17) is 14.6 Å². The summed E-state index contributed by atoms with van der Waals surface area (Å²) in [5, 5.41) is 8.73. The van der Waals surface area contributed by atoms with Crippen molar-refractivity contribution in [3.63, 3.8) is 0 Å². The normalized spacial score (nSPS) is 32.0. The van der Waals surface area contributed by atoms with Gasteiger partial charge >= 0.3 is 17.9 Å². The predicted molar refractivity (Wildman–Crippen MR) is 94.6 cm³/mol. The summed E-state index contributed by atoms with van der Waals surface area (Å²) in [5.41, 5.74) is 2.30. The van der Waals surface area contributed by atoms with Gasteiger partial charge in [0.15, 0.2) is 5.78 Å². The van der Waals surface area contributed by atoms with Crippen LogP contribution in [0.5, 0.6) is 0 Å². The Hall–Kier alpha value is -1.44. The van der Waals surface area contributed by atoms with Gasteiger partial charge in [-0.2, -0.15) is 0 Å². The van der Waals surface area contributed by atoms with Crippen molar-refractivity contribution in [3.8, 4) is 0 Å². The standard InChI is InChI=1S/C19H22O7.Na/c1-8-6-11(20)15-9(2)7-12(25-14(23)5-4-13(21)22)17-10(3)19(24)26-18(17)16(8)15;/h6,10,12,16-18H,4-5,7H2,1-3H3,(H,21,22);/t10-,12-,16?,17?,18+;/m0./s1. The number of ether oxygens (including phenoxy) is 2. The van der Waals surface area contributed by atoms with Crippen LogP contribution in [0.3, 0.4) is 0 Å². The van der Waals surface area contributed by atoms with Crippen LogP contribution in [-0.4, -0.2) is 70.6 Å². The fraction of sp³-hybridized carbons (Fsp3) is 0.579. The van der Waals surface area contributed by atoms with Crippen LogP contribution >= 0.6 is 0 Å². The Morgan fingerprint density at radius 3 is 2.56 bits per heavy atom. The number of fused-ring (bicyclic) bond motifs is 3. The molecule has 0 saturated carbocycles. The Labute approximate surface area is 179 Å². The van der Waals surface area contributed by atoms with Crippen molar-refractivity contribution in [3.05, 3.63) is 22.8 Å². The van der Waals surface area contributed by atoms with E-state index in [1.54, 1.807) is 13.0 Å². The van der Waals surface area contributed by atoms with E-state index in [1.165, 1.54) is 0 Å². The molecule has 1 saturated heterocycles. The number of hydrogen-bond donors (Lipinski definition) is 1. The smallest absolute Gasteiger partial charge is 0.309 e. The summed E-state index contributed by atoms with van der Waals surface area (Å²) in [6.07, 6.45) is 0.194. The number of carbonyl (C=O) groups is 4. The monoisotopic (exact) mass is 385 g/mol. The van der Waals surface area contributed by atoms with Gasteiger partial charge in [-0.1, -0.05) is 18.1 Å². The molecule has 1 fully saturated rings. The third kappa shape index (κ3) is 4.05. The molecule has 0 amide bonds. The van der Waals surface area contributed by atoms with E-state index < -0.39 is 30.1 Å². The summed E-state index contributed by atoms with van der Waals surface area (Å²) < 4.78 is 11.2. The van der Waals surface area contributed by atoms with Gasteiger partial charge in [0.25, 0.3) is 0 Å². The fourth-order valence-corrected chi connectivity index (χ4v) is 4.34. The second kappa shape index (κ2) is 8.29. The molecule has 0 aromatic heterocycles. The van der Waals surface area contributed by atoms with Gasteiger partial charge in [0.1, 0.15) is 12.2 Å². The van der Waals surface area contributed by atoms with Crippen molar-refractivity contribution < 1.29 is 33.8 Å². The van der Waals surface area contributed by atoms with Crippen LogP contribution in [0, 0.1) is 17.8 Å². The van der Waals surface area contributed by atoms with E-state index in [0.717, 1.165) is 11.1 Å².